The minimum absolute atomic E-state index is 0.169. The molecule has 0 radical (unpaired) electrons. The molecule has 5 nitrogen and oxygen atoms in total. The van der Waals surface area contributed by atoms with Crippen molar-refractivity contribution in [3.8, 4) is 0 Å². The van der Waals surface area contributed by atoms with E-state index in [0.29, 0.717) is 5.56 Å². The summed E-state index contributed by atoms with van der Waals surface area (Å²) in [6.07, 6.45) is 5.40. The van der Waals surface area contributed by atoms with Crippen molar-refractivity contribution in [3.63, 3.8) is 0 Å². The lowest BCUT2D eigenvalue weighted by Crippen LogP contribution is -2.16. The molecule has 1 saturated heterocycles. The van der Waals surface area contributed by atoms with Crippen LogP contribution in [0, 0.1) is 0 Å². The second kappa shape index (κ2) is 5.46. The Balaban J connectivity index is 1.58. The molecule has 1 N–H and O–H groups in total. The summed E-state index contributed by atoms with van der Waals surface area (Å²) in [7, 11) is 0. The summed E-state index contributed by atoms with van der Waals surface area (Å²) in [5.41, 5.74) is 2.27. The lowest BCUT2D eigenvalue weighted by molar-refractivity contribution is 0.102. The van der Waals surface area contributed by atoms with Crippen LogP contribution < -0.4 is 10.2 Å². The van der Waals surface area contributed by atoms with E-state index in [0.717, 1.165) is 34.1 Å². The van der Waals surface area contributed by atoms with Gasteiger partial charge in [-0.3, -0.25) is 4.79 Å². The van der Waals surface area contributed by atoms with E-state index in [2.05, 4.69) is 15.2 Å². The summed E-state index contributed by atoms with van der Waals surface area (Å²) in [6, 6.07) is 7.46. The topological polar surface area (TPSA) is 58.4 Å². The van der Waals surface area contributed by atoms with Crippen LogP contribution in [0.4, 0.5) is 10.8 Å². The Morgan fingerprint density at radius 1 is 1.27 bits per heavy atom. The van der Waals surface area contributed by atoms with Gasteiger partial charge in [0, 0.05) is 18.8 Å². The summed E-state index contributed by atoms with van der Waals surface area (Å²) in [4.78, 5) is 19.0. The zero-order valence-electron chi connectivity index (χ0n) is 11.9. The minimum atomic E-state index is -0.169. The molecule has 0 atom stereocenters. The third kappa shape index (κ3) is 2.46. The molecule has 3 heterocycles. The highest BCUT2D eigenvalue weighted by molar-refractivity contribution is 7.22. The van der Waals surface area contributed by atoms with Crippen LogP contribution in [-0.2, 0) is 0 Å². The molecule has 1 fully saturated rings. The minimum Gasteiger partial charge on any atom is -0.472 e. The Morgan fingerprint density at radius 3 is 2.91 bits per heavy atom. The third-order valence-electron chi connectivity index (χ3n) is 3.79. The molecule has 1 aliphatic rings. The number of amides is 1. The monoisotopic (exact) mass is 313 g/mol. The van der Waals surface area contributed by atoms with E-state index in [9.17, 15) is 4.79 Å². The van der Waals surface area contributed by atoms with Crippen LogP contribution in [0.2, 0.25) is 0 Å². The predicted molar refractivity (Wildman–Crippen MR) is 87.7 cm³/mol. The summed E-state index contributed by atoms with van der Waals surface area (Å²) >= 11 is 1.68. The molecular weight excluding hydrogens is 298 g/mol. The van der Waals surface area contributed by atoms with Gasteiger partial charge in [-0.05, 0) is 37.1 Å². The molecule has 1 amide bonds. The molecule has 1 aromatic carbocycles. The van der Waals surface area contributed by atoms with Gasteiger partial charge in [-0.2, -0.15) is 0 Å². The molecule has 0 unspecified atom stereocenters. The summed E-state index contributed by atoms with van der Waals surface area (Å²) in [5, 5.41) is 3.96. The zero-order chi connectivity index (χ0) is 14.9. The smallest absolute Gasteiger partial charge is 0.258 e. The second-order valence-electron chi connectivity index (χ2n) is 5.34. The highest BCUT2D eigenvalue weighted by Crippen LogP contribution is 2.32. The first-order valence-corrected chi connectivity index (χ1v) is 8.10. The average Bonchev–Trinajstić information content (AvgIpc) is 3.26. The predicted octanol–water partition coefficient (Wildman–Crippen LogP) is 3.74. The molecular formula is C16H15N3O2S. The highest BCUT2D eigenvalue weighted by Gasteiger charge is 2.16. The van der Waals surface area contributed by atoms with Gasteiger partial charge in [0.2, 0.25) is 0 Å². The number of hydrogen-bond donors (Lipinski definition) is 1. The van der Waals surface area contributed by atoms with Gasteiger partial charge in [-0.15, -0.1) is 0 Å². The number of carbonyl (C=O) groups excluding carboxylic acids is 1. The maximum absolute atomic E-state index is 12.0. The largest absolute Gasteiger partial charge is 0.472 e. The van der Waals surface area contributed by atoms with Gasteiger partial charge in [0.05, 0.1) is 22.0 Å². The first-order valence-electron chi connectivity index (χ1n) is 7.29. The Bertz CT molecular complexity index is 804. The van der Waals surface area contributed by atoms with Crippen LogP contribution >= 0.6 is 11.3 Å². The highest BCUT2D eigenvalue weighted by atomic mass is 32.1. The van der Waals surface area contributed by atoms with Gasteiger partial charge in [-0.25, -0.2) is 4.98 Å². The molecule has 0 aliphatic carbocycles. The number of hydrogen-bond acceptors (Lipinski definition) is 5. The van der Waals surface area contributed by atoms with E-state index in [1.807, 2.05) is 18.2 Å². The van der Waals surface area contributed by atoms with Gasteiger partial charge in [0.1, 0.15) is 6.26 Å². The van der Waals surface area contributed by atoms with E-state index < -0.39 is 0 Å². The van der Waals surface area contributed by atoms with Crippen molar-refractivity contribution in [2.75, 3.05) is 23.3 Å². The number of rotatable bonds is 3. The van der Waals surface area contributed by atoms with Crippen LogP contribution in [-0.4, -0.2) is 24.0 Å². The van der Waals surface area contributed by atoms with Gasteiger partial charge in [0.15, 0.2) is 5.13 Å². The lowest BCUT2D eigenvalue weighted by Gasteiger charge is -2.11. The maximum atomic E-state index is 12.0. The number of nitrogens with one attached hydrogen (secondary N) is 1. The second-order valence-corrected chi connectivity index (χ2v) is 6.35. The molecule has 112 valence electrons. The van der Waals surface area contributed by atoms with Crippen molar-refractivity contribution < 1.29 is 9.21 Å². The van der Waals surface area contributed by atoms with E-state index in [4.69, 9.17) is 4.42 Å². The van der Waals surface area contributed by atoms with Crippen molar-refractivity contribution in [2.45, 2.75) is 12.8 Å². The Kier molecular flexibility index (Phi) is 3.31. The van der Waals surface area contributed by atoms with Gasteiger partial charge >= 0.3 is 0 Å². The molecule has 1 aliphatic heterocycles. The van der Waals surface area contributed by atoms with Crippen molar-refractivity contribution in [1.82, 2.24) is 4.98 Å². The number of benzene rings is 1. The number of fused-ring (bicyclic) bond motifs is 1. The van der Waals surface area contributed by atoms with Crippen molar-refractivity contribution in [1.29, 1.82) is 0 Å². The van der Waals surface area contributed by atoms with Crippen molar-refractivity contribution in [2.24, 2.45) is 0 Å². The van der Waals surface area contributed by atoms with Crippen LogP contribution in [0.5, 0.6) is 0 Å². The van der Waals surface area contributed by atoms with E-state index >= 15 is 0 Å². The lowest BCUT2D eigenvalue weighted by atomic mass is 10.2. The Morgan fingerprint density at radius 2 is 2.14 bits per heavy atom. The Hall–Kier alpha value is -2.34. The number of carbonyl (C=O) groups is 1. The molecule has 4 rings (SSSR count). The summed E-state index contributed by atoms with van der Waals surface area (Å²) < 4.78 is 6.02. The first-order chi connectivity index (χ1) is 10.8. The van der Waals surface area contributed by atoms with E-state index in [1.54, 1.807) is 17.4 Å². The van der Waals surface area contributed by atoms with E-state index in [1.165, 1.54) is 25.4 Å². The van der Waals surface area contributed by atoms with Crippen molar-refractivity contribution >= 4 is 38.3 Å². The quantitative estimate of drug-likeness (QED) is 0.800. The summed E-state index contributed by atoms with van der Waals surface area (Å²) in [5.74, 6) is -0.169. The fraction of sp³-hybridized carbons (Fsp3) is 0.250. The standard InChI is InChI=1S/C16H15N3O2S/c20-15(11-5-8-21-10-11)17-12-3-4-13-14(9-12)22-16(18-13)19-6-1-2-7-19/h3-5,8-10H,1-2,6-7H2,(H,17,20). The third-order valence-corrected chi connectivity index (χ3v) is 4.87. The number of nitrogens with zero attached hydrogens (tertiary/aromatic N) is 2. The molecule has 6 heteroatoms. The summed E-state index contributed by atoms with van der Waals surface area (Å²) in [6.45, 7) is 2.17. The number of anilines is 2. The number of thiazole rings is 1. The van der Waals surface area contributed by atoms with Crippen LogP contribution in [0.25, 0.3) is 10.2 Å². The molecule has 3 aromatic rings. The van der Waals surface area contributed by atoms with Crippen LogP contribution in [0.1, 0.15) is 23.2 Å². The maximum Gasteiger partial charge on any atom is 0.258 e. The SMILES string of the molecule is O=C(Nc1ccc2nc(N3CCCC3)sc2c1)c1ccoc1. The van der Waals surface area contributed by atoms with Gasteiger partial charge in [0.25, 0.3) is 5.91 Å². The molecule has 0 bridgehead atoms. The molecule has 22 heavy (non-hydrogen) atoms. The molecule has 0 spiro atoms. The first kappa shape index (κ1) is 13.3. The normalized spacial score (nSPS) is 14.6. The van der Waals surface area contributed by atoms with Crippen LogP contribution in [0.3, 0.4) is 0 Å². The number of aromatic nitrogens is 1. The molecule has 0 saturated carbocycles. The van der Waals surface area contributed by atoms with E-state index in [-0.39, 0.29) is 5.91 Å². The van der Waals surface area contributed by atoms with Crippen molar-refractivity contribution in [3.05, 3.63) is 42.4 Å². The van der Waals surface area contributed by atoms with Gasteiger partial charge in [-0.1, -0.05) is 11.3 Å². The number of furan rings is 1. The zero-order valence-corrected chi connectivity index (χ0v) is 12.7. The average molecular weight is 313 g/mol. The molecule has 2 aromatic heterocycles. The fourth-order valence-electron chi connectivity index (χ4n) is 2.63. The Labute approximate surface area is 131 Å². The fourth-order valence-corrected chi connectivity index (χ4v) is 3.69. The van der Waals surface area contributed by atoms with Gasteiger partial charge < -0.3 is 14.6 Å². The van der Waals surface area contributed by atoms with Crippen LogP contribution in [0.15, 0.2) is 41.2 Å².